The van der Waals surface area contributed by atoms with E-state index >= 15 is 0 Å². The van der Waals surface area contributed by atoms with Crippen LogP contribution in [0, 0.1) is 10.1 Å². The first kappa shape index (κ1) is 13.9. The maximum atomic E-state index is 10.7. The molecule has 1 aliphatic carbocycles. The van der Waals surface area contributed by atoms with Crippen molar-refractivity contribution in [2.75, 3.05) is 0 Å². The highest BCUT2D eigenvalue weighted by atomic mass is 35.5. The summed E-state index contributed by atoms with van der Waals surface area (Å²) in [5.41, 5.74) is 2.87. The lowest BCUT2D eigenvalue weighted by molar-refractivity contribution is -0.384. The molecule has 0 saturated heterocycles. The molecular weight excluding hydrogens is 290 g/mol. The standard InChI is InChI=1S/C15H14ClN3O2/c16-14-12-4-2-1-3-5-13(12)17-15(18-14)10-6-8-11(9-7-10)19(20)21/h6-9H,1-5H2. The Kier molecular flexibility index (Phi) is 3.84. The highest BCUT2D eigenvalue weighted by Gasteiger charge is 2.16. The third-order valence-corrected chi connectivity index (χ3v) is 4.03. The molecule has 0 radical (unpaired) electrons. The van der Waals surface area contributed by atoms with Crippen LogP contribution in [-0.4, -0.2) is 14.9 Å². The number of nitro benzene ring substituents is 1. The van der Waals surface area contributed by atoms with Gasteiger partial charge in [0.05, 0.1) is 4.92 Å². The van der Waals surface area contributed by atoms with Crippen LogP contribution in [0.15, 0.2) is 24.3 Å². The molecule has 1 aromatic heterocycles. The van der Waals surface area contributed by atoms with Crippen molar-refractivity contribution in [3.8, 4) is 11.4 Å². The topological polar surface area (TPSA) is 68.9 Å². The molecule has 6 heteroatoms. The Morgan fingerprint density at radius 1 is 1.05 bits per heavy atom. The Labute approximate surface area is 127 Å². The summed E-state index contributed by atoms with van der Waals surface area (Å²) in [5, 5.41) is 11.2. The Morgan fingerprint density at radius 3 is 2.48 bits per heavy atom. The van der Waals surface area contributed by atoms with Crippen LogP contribution in [-0.2, 0) is 12.8 Å². The number of nitrogens with zero attached hydrogens (tertiary/aromatic N) is 3. The van der Waals surface area contributed by atoms with Gasteiger partial charge in [0.15, 0.2) is 5.82 Å². The van der Waals surface area contributed by atoms with Gasteiger partial charge in [-0.3, -0.25) is 10.1 Å². The first-order valence-electron chi connectivity index (χ1n) is 6.95. The van der Waals surface area contributed by atoms with E-state index in [4.69, 9.17) is 11.6 Å². The molecule has 1 aliphatic rings. The highest BCUT2D eigenvalue weighted by molar-refractivity contribution is 6.30. The molecule has 2 aromatic rings. The van der Waals surface area contributed by atoms with Crippen LogP contribution in [0.2, 0.25) is 5.15 Å². The van der Waals surface area contributed by atoms with E-state index in [2.05, 4.69) is 9.97 Å². The van der Waals surface area contributed by atoms with E-state index < -0.39 is 4.92 Å². The van der Waals surface area contributed by atoms with Gasteiger partial charge in [-0.05, 0) is 37.8 Å². The van der Waals surface area contributed by atoms with Crippen LogP contribution >= 0.6 is 11.6 Å². The molecule has 5 nitrogen and oxygen atoms in total. The smallest absolute Gasteiger partial charge is 0.258 e. The molecule has 3 rings (SSSR count). The van der Waals surface area contributed by atoms with E-state index in [0.717, 1.165) is 42.5 Å². The minimum absolute atomic E-state index is 0.0552. The summed E-state index contributed by atoms with van der Waals surface area (Å²) in [5.74, 6) is 0.538. The lowest BCUT2D eigenvalue weighted by atomic mass is 10.1. The lowest BCUT2D eigenvalue weighted by Gasteiger charge is -2.09. The molecular formula is C15H14ClN3O2. The SMILES string of the molecule is O=[N+]([O-])c1ccc(-c2nc(Cl)c3c(n2)CCCCC3)cc1. The highest BCUT2D eigenvalue weighted by Crippen LogP contribution is 2.28. The molecule has 108 valence electrons. The Hall–Kier alpha value is -2.01. The van der Waals surface area contributed by atoms with Gasteiger partial charge in [-0.1, -0.05) is 18.0 Å². The molecule has 0 spiro atoms. The molecule has 0 aliphatic heterocycles. The number of aromatic nitrogens is 2. The van der Waals surface area contributed by atoms with Crippen LogP contribution in [0.5, 0.6) is 0 Å². The number of aryl methyl sites for hydroxylation is 1. The Morgan fingerprint density at radius 2 is 1.76 bits per heavy atom. The number of benzene rings is 1. The van der Waals surface area contributed by atoms with Crippen LogP contribution in [0.3, 0.4) is 0 Å². The van der Waals surface area contributed by atoms with Gasteiger partial charge in [0.1, 0.15) is 5.15 Å². The van der Waals surface area contributed by atoms with Crippen molar-refractivity contribution >= 4 is 17.3 Å². The fourth-order valence-electron chi connectivity index (χ4n) is 2.59. The van der Waals surface area contributed by atoms with Crippen molar-refractivity contribution in [3.63, 3.8) is 0 Å². The van der Waals surface area contributed by atoms with Crippen molar-refractivity contribution < 1.29 is 4.92 Å². The monoisotopic (exact) mass is 303 g/mol. The van der Waals surface area contributed by atoms with Gasteiger partial charge in [0, 0.05) is 29.0 Å². The normalized spacial score (nSPS) is 14.3. The molecule has 0 bridgehead atoms. The van der Waals surface area contributed by atoms with Gasteiger partial charge < -0.3 is 0 Å². The molecule has 1 aromatic carbocycles. The maximum Gasteiger partial charge on any atom is 0.269 e. The van der Waals surface area contributed by atoms with E-state index in [1.165, 1.54) is 18.6 Å². The summed E-state index contributed by atoms with van der Waals surface area (Å²) in [6.45, 7) is 0. The number of hydrogen-bond donors (Lipinski definition) is 0. The average Bonchev–Trinajstić information content (AvgIpc) is 2.73. The van der Waals surface area contributed by atoms with Crippen LogP contribution in [0.25, 0.3) is 11.4 Å². The van der Waals surface area contributed by atoms with Gasteiger partial charge >= 0.3 is 0 Å². The third kappa shape index (κ3) is 2.88. The van der Waals surface area contributed by atoms with Crippen molar-refractivity contribution in [1.29, 1.82) is 0 Å². The lowest BCUT2D eigenvalue weighted by Crippen LogP contribution is -2.02. The third-order valence-electron chi connectivity index (χ3n) is 3.72. The van der Waals surface area contributed by atoms with Crippen LogP contribution in [0.4, 0.5) is 5.69 Å². The van der Waals surface area contributed by atoms with E-state index in [-0.39, 0.29) is 5.69 Å². The first-order valence-corrected chi connectivity index (χ1v) is 7.33. The number of rotatable bonds is 2. The zero-order chi connectivity index (χ0) is 14.8. The largest absolute Gasteiger partial charge is 0.269 e. The van der Waals surface area contributed by atoms with Crippen LogP contribution < -0.4 is 0 Å². The van der Waals surface area contributed by atoms with Gasteiger partial charge in [-0.25, -0.2) is 9.97 Å². The van der Waals surface area contributed by atoms with Crippen molar-refractivity contribution in [2.24, 2.45) is 0 Å². The second kappa shape index (κ2) is 5.77. The van der Waals surface area contributed by atoms with E-state index in [9.17, 15) is 10.1 Å². The fourth-order valence-corrected chi connectivity index (χ4v) is 2.87. The molecule has 0 N–H and O–H groups in total. The predicted octanol–water partition coefficient (Wildman–Crippen LogP) is 3.97. The minimum Gasteiger partial charge on any atom is -0.258 e. The van der Waals surface area contributed by atoms with Gasteiger partial charge in [0.25, 0.3) is 5.69 Å². The molecule has 1 heterocycles. The number of nitro groups is 1. The van der Waals surface area contributed by atoms with Crippen molar-refractivity contribution in [1.82, 2.24) is 9.97 Å². The molecule has 0 saturated carbocycles. The Balaban J connectivity index is 2.00. The summed E-state index contributed by atoms with van der Waals surface area (Å²) in [6.07, 6.45) is 5.25. The second-order valence-corrected chi connectivity index (χ2v) is 5.49. The first-order chi connectivity index (χ1) is 10.1. The predicted molar refractivity (Wildman–Crippen MR) is 80.4 cm³/mol. The number of halogens is 1. The summed E-state index contributed by atoms with van der Waals surface area (Å²) < 4.78 is 0. The molecule has 0 fully saturated rings. The van der Waals surface area contributed by atoms with E-state index in [1.54, 1.807) is 12.1 Å². The number of hydrogen-bond acceptors (Lipinski definition) is 4. The van der Waals surface area contributed by atoms with E-state index in [1.807, 2.05) is 0 Å². The summed E-state index contributed by atoms with van der Waals surface area (Å²) in [7, 11) is 0. The van der Waals surface area contributed by atoms with Crippen LogP contribution in [0.1, 0.15) is 30.5 Å². The zero-order valence-corrected chi connectivity index (χ0v) is 12.1. The molecule has 21 heavy (non-hydrogen) atoms. The van der Waals surface area contributed by atoms with Crippen molar-refractivity contribution in [2.45, 2.75) is 32.1 Å². The number of non-ortho nitro benzene ring substituents is 1. The van der Waals surface area contributed by atoms with Gasteiger partial charge in [-0.2, -0.15) is 0 Å². The molecule has 0 atom stereocenters. The molecule has 0 amide bonds. The summed E-state index contributed by atoms with van der Waals surface area (Å²) in [4.78, 5) is 19.2. The molecule has 0 unspecified atom stereocenters. The van der Waals surface area contributed by atoms with Gasteiger partial charge in [0.2, 0.25) is 0 Å². The number of fused-ring (bicyclic) bond motifs is 1. The maximum absolute atomic E-state index is 10.7. The Bertz CT molecular complexity index is 686. The second-order valence-electron chi connectivity index (χ2n) is 5.13. The zero-order valence-electron chi connectivity index (χ0n) is 11.4. The summed E-state index contributed by atoms with van der Waals surface area (Å²) >= 11 is 6.29. The van der Waals surface area contributed by atoms with Crippen molar-refractivity contribution in [3.05, 3.63) is 50.8 Å². The van der Waals surface area contributed by atoms with E-state index in [0.29, 0.717) is 11.0 Å². The minimum atomic E-state index is -0.422. The average molecular weight is 304 g/mol. The quantitative estimate of drug-likeness (QED) is 0.364. The summed E-state index contributed by atoms with van der Waals surface area (Å²) in [6, 6.07) is 6.23. The fraction of sp³-hybridized carbons (Fsp3) is 0.333. The van der Waals surface area contributed by atoms with Gasteiger partial charge in [-0.15, -0.1) is 0 Å².